The molecular formula is C13H14N4O2. The molecule has 2 N–H and O–H groups in total. The van der Waals surface area contributed by atoms with Gasteiger partial charge in [0.05, 0.1) is 0 Å². The van der Waals surface area contributed by atoms with Crippen molar-refractivity contribution in [3.8, 4) is 11.4 Å². The molecule has 0 spiro atoms. The Bertz CT molecular complexity index is 584. The van der Waals surface area contributed by atoms with Crippen molar-refractivity contribution >= 4 is 11.8 Å². The van der Waals surface area contributed by atoms with Gasteiger partial charge >= 0.3 is 5.97 Å². The van der Waals surface area contributed by atoms with Gasteiger partial charge in [0, 0.05) is 30.1 Å². The van der Waals surface area contributed by atoms with Crippen LogP contribution in [0.25, 0.3) is 11.4 Å². The van der Waals surface area contributed by atoms with Crippen molar-refractivity contribution in [2.75, 3.05) is 5.32 Å². The number of pyridine rings is 1. The summed E-state index contributed by atoms with van der Waals surface area (Å²) in [5.74, 6) is -0.218. The molecule has 0 amide bonds. The lowest BCUT2D eigenvalue weighted by Gasteiger charge is -2.11. The second kappa shape index (κ2) is 5.43. The summed E-state index contributed by atoms with van der Waals surface area (Å²) in [5.41, 5.74) is 0.690. The largest absolute Gasteiger partial charge is 0.477 e. The fourth-order valence-electron chi connectivity index (χ4n) is 1.56. The van der Waals surface area contributed by atoms with E-state index in [0.29, 0.717) is 11.6 Å². The Labute approximate surface area is 110 Å². The molecule has 0 unspecified atom stereocenters. The lowest BCUT2D eigenvalue weighted by atomic mass is 10.2. The molecule has 0 aliphatic carbocycles. The highest BCUT2D eigenvalue weighted by Gasteiger charge is 2.12. The number of carboxylic acids is 1. The quantitative estimate of drug-likeness (QED) is 0.872. The third-order valence-electron chi connectivity index (χ3n) is 2.32. The molecule has 0 aliphatic rings. The SMILES string of the molecule is CC(C)Nc1cc(C(=O)O)nc(-c2ccncc2)n1. The maximum atomic E-state index is 11.1. The summed E-state index contributed by atoms with van der Waals surface area (Å²) >= 11 is 0. The smallest absolute Gasteiger partial charge is 0.354 e. The van der Waals surface area contributed by atoms with Crippen LogP contribution in [0.2, 0.25) is 0 Å². The molecule has 2 aromatic rings. The molecule has 0 fully saturated rings. The zero-order valence-electron chi connectivity index (χ0n) is 10.7. The van der Waals surface area contributed by atoms with E-state index in [4.69, 9.17) is 5.11 Å². The van der Waals surface area contributed by atoms with Crippen molar-refractivity contribution < 1.29 is 9.90 Å². The maximum Gasteiger partial charge on any atom is 0.354 e. The topological polar surface area (TPSA) is 88.0 Å². The molecule has 19 heavy (non-hydrogen) atoms. The summed E-state index contributed by atoms with van der Waals surface area (Å²) in [5, 5.41) is 12.2. The van der Waals surface area contributed by atoms with Gasteiger partial charge in [-0.25, -0.2) is 14.8 Å². The van der Waals surface area contributed by atoms with Crippen LogP contribution in [0.4, 0.5) is 5.82 Å². The summed E-state index contributed by atoms with van der Waals surface area (Å²) < 4.78 is 0. The molecule has 0 aromatic carbocycles. The van der Waals surface area contributed by atoms with Crippen LogP contribution in [0.15, 0.2) is 30.6 Å². The third kappa shape index (κ3) is 3.25. The van der Waals surface area contributed by atoms with Gasteiger partial charge in [-0.1, -0.05) is 0 Å². The number of hydrogen-bond acceptors (Lipinski definition) is 5. The maximum absolute atomic E-state index is 11.1. The summed E-state index contributed by atoms with van der Waals surface area (Å²) in [6.45, 7) is 3.91. The van der Waals surface area contributed by atoms with Crippen molar-refractivity contribution in [2.45, 2.75) is 19.9 Å². The van der Waals surface area contributed by atoms with E-state index in [9.17, 15) is 4.79 Å². The lowest BCUT2D eigenvalue weighted by molar-refractivity contribution is 0.0690. The monoisotopic (exact) mass is 258 g/mol. The van der Waals surface area contributed by atoms with Crippen molar-refractivity contribution in [3.63, 3.8) is 0 Å². The van der Waals surface area contributed by atoms with Gasteiger partial charge in [-0.05, 0) is 26.0 Å². The van der Waals surface area contributed by atoms with E-state index >= 15 is 0 Å². The number of nitrogens with zero attached hydrogens (tertiary/aromatic N) is 3. The summed E-state index contributed by atoms with van der Waals surface area (Å²) in [6.07, 6.45) is 3.23. The summed E-state index contributed by atoms with van der Waals surface area (Å²) in [4.78, 5) is 23.3. The van der Waals surface area contributed by atoms with Crippen LogP contribution in [-0.2, 0) is 0 Å². The zero-order valence-corrected chi connectivity index (χ0v) is 10.7. The molecule has 0 aliphatic heterocycles. The van der Waals surface area contributed by atoms with Crippen molar-refractivity contribution in [1.29, 1.82) is 0 Å². The second-order valence-corrected chi connectivity index (χ2v) is 4.30. The molecule has 0 radical (unpaired) electrons. The van der Waals surface area contributed by atoms with E-state index in [1.165, 1.54) is 6.07 Å². The normalized spacial score (nSPS) is 10.5. The predicted octanol–water partition coefficient (Wildman–Crippen LogP) is 2.06. The van der Waals surface area contributed by atoms with E-state index in [1.807, 2.05) is 13.8 Å². The minimum absolute atomic E-state index is 0.0371. The number of nitrogens with one attached hydrogen (secondary N) is 1. The van der Waals surface area contributed by atoms with Crippen LogP contribution in [0.3, 0.4) is 0 Å². The van der Waals surface area contributed by atoms with E-state index < -0.39 is 5.97 Å². The molecule has 0 saturated carbocycles. The number of carboxylic acid groups (broad SMARTS) is 1. The van der Waals surface area contributed by atoms with E-state index in [-0.39, 0.29) is 11.7 Å². The second-order valence-electron chi connectivity index (χ2n) is 4.30. The van der Waals surface area contributed by atoms with Gasteiger partial charge in [0.25, 0.3) is 0 Å². The van der Waals surface area contributed by atoms with Crippen molar-refractivity contribution in [1.82, 2.24) is 15.0 Å². The molecule has 2 rings (SSSR count). The van der Waals surface area contributed by atoms with Gasteiger partial charge in [-0.15, -0.1) is 0 Å². The first-order chi connectivity index (χ1) is 9.06. The fraction of sp³-hybridized carbons (Fsp3) is 0.231. The van der Waals surface area contributed by atoms with Crippen LogP contribution in [0.1, 0.15) is 24.3 Å². The molecular weight excluding hydrogens is 244 g/mol. The Morgan fingerprint density at radius 2 is 1.95 bits per heavy atom. The molecule has 98 valence electrons. The average molecular weight is 258 g/mol. The van der Waals surface area contributed by atoms with E-state index in [2.05, 4.69) is 20.3 Å². The minimum atomic E-state index is -1.08. The van der Waals surface area contributed by atoms with Crippen LogP contribution >= 0.6 is 0 Å². The van der Waals surface area contributed by atoms with Crippen molar-refractivity contribution in [2.24, 2.45) is 0 Å². The highest BCUT2D eigenvalue weighted by molar-refractivity contribution is 5.87. The first kappa shape index (κ1) is 12.9. The Hall–Kier alpha value is -2.50. The molecule has 6 nitrogen and oxygen atoms in total. The van der Waals surface area contributed by atoms with Gasteiger partial charge < -0.3 is 10.4 Å². The summed E-state index contributed by atoms with van der Waals surface area (Å²) in [6, 6.07) is 5.05. The first-order valence-electron chi connectivity index (χ1n) is 5.85. The molecule has 0 atom stereocenters. The number of carbonyl (C=O) groups is 1. The van der Waals surface area contributed by atoms with E-state index in [0.717, 1.165) is 5.56 Å². The number of rotatable bonds is 4. The number of aromatic nitrogens is 3. The zero-order chi connectivity index (χ0) is 13.8. The van der Waals surface area contributed by atoms with Gasteiger partial charge in [0.2, 0.25) is 0 Å². The Morgan fingerprint density at radius 3 is 2.53 bits per heavy atom. The minimum Gasteiger partial charge on any atom is -0.477 e. The summed E-state index contributed by atoms with van der Waals surface area (Å²) in [7, 11) is 0. The predicted molar refractivity (Wildman–Crippen MR) is 71.0 cm³/mol. The third-order valence-corrected chi connectivity index (χ3v) is 2.32. The molecule has 6 heteroatoms. The Morgan fingerprint density at radius 1 is 1.26 bits per heavy atom. The molecule has 2 aromatic heterocycles. The average Bonchev–Trinajstić information content (AvgIpc) is 2.38. The highest BCUT2D eigenvalue weighted by Crippen LogP contribution is 2.17. The van der Waals surface area contributed by atoms with Crippen LogP contribution in [-0.4, -0.2) is 32.1 Å². The molecule has 0 saturated heterocycles. The number of anilines is 1. The molecule has 0 bridgehead atoms. The van der Waals surface area contributed by atoms with Crippen LogP contribution in [0.5, 0.6) is 0 Å². The van der Waals surface area contributed by atoms with Gasteiger partial charge in [0.15, 0.2) is 11.5 Å². The van der Waals surface area contributed by atoms with Gasteiger partial charge in [0.1, 0.15) is 5.82 Å². The van der Waals surface area contributed by atoms with E-state index in [1.54, 1.807) is 24.5 Å². The first-order valence-corrected chi connectivity index (χ1v) is 5.85. The van der Waals surface area contributed by atoms with Crippen LogP contribution in [0, 0.1) is 0 Å². The number of aromatic carboxylic acids is 1. The van der Waals surface area contributed by atoms with Gasteiger partial charge in [-0.3, -0.25) is 4.98 Å². The highest BCUT2D eigenvalue weighted by atomic mass is 16.4. The van der Waals surface area contributed by atoms with Crippen molar-refractivity contribution in [3.05, 3.63) is 36.3 Å². The van der Waals surface area contributed by atoms with Gasteiger partial charge in [-0.2, -0.15) is 0 Å². The van der Waals surface area contributed by atoms with Crippen LogP contribution < -0.4 is 5.32 Å². The lowest BCUT2D eigenvalue weighted by Crippen LogP contribution is -2.13. The number of hydrogen-bond donors (Lipinski definition) is 2. The Kier molecular flexibility index (Phi) is 3.70. The Balaban J connectivity index is 2.48. The standard InChI is InChI=1S/C13H14N4O2/c1-8(2)15-11-7-10(13(18)19)16-12(17-11)9-3-5-14-6-4-9/h3-8H,1-2H3,(H,18,19)(H,15,16,17). The fourth-order valence-corrected chi connectivity index (χ4v) is 1.56. The molecule has 2 heterocycles.